The molecule has 0 heterocycles. The van der Waals surface area contributed by atoms with E-state index in [1.165, 1.54) is 22.3 Å². The molecule has 0 unspecified atom stereocenters. The summed E-state index contributed by atoms with van der Waals surface area (Å²) in [7, 11) is 1.94. The van der Waals surface area contributed by atoms with Gasteiger partial charge in [0.1, 0.15) is 12.4 Å². The van der Waals surface area contributed by atoms with E-state index < -0.39 is 0 Å². The number of hydrogen-bond acceptors (Lipinski definition) is 2. The van der Waals surface area contributed by atoms with Crippen molar-refractivity contribution in [3.8, 4) is 5.75 Å². The van der Waals surface area contributed by atoms with Crippen molar-refractivity contribution in [3.63, 3.8) is 0 Å². The van der Waals surface area contributed by atoms with Crippen LogP contribution in [0.15, 0.2) is 36.4 Å². The van der Waals surface area contributed by atoms with Gasteiger partial charge in [-0.05, 0) is 55.7 Å². The molecule has 2 nitrogen and oxygen atoms in total. The van der Waals surface area contributed by atoms with Crippen LogP contribution in [0.25, 0.3) is 0 Å². The fourth-order valence-corrected chi connectivity index (χ4v) is 2.09. The van der Waals surface area contributed by atoms with Crippen molar-refractivity contribution in [2.75, 3.05) is 12.4 Å². The number of aryl methyl sites for hydroxylation is 3. The lowest BCUT2D eigenvalue weighted by atomic mass is 10.1. The molecule has 2 aromatic rings. The molecule has 0 atom stereocenters. The Hall–Kier alpha value is -1.96. The number of rotatable bonds is 4. The molecular formula is C17H21NO. The van der Waals surface area contributed by atoms with E-state index in [-0.39, 0.29) is 0 Å². The summed E-state index contributed by atoms with van der Waals surface area (Å²) in [4.78, 5) is 0. The highest BCUT2D eigenvalue weighted by molar-refractivity contribution is 5.54. The minimum Gasteiger partial charge on any atom is -0.489 e. The fraction of sp³-hybridized carbons (Fsp3) is 0.294. The van der Waals surface area contributed by atoms with E-state index in [1.54, 1.807) is 0 Å². The maximum atomic E-state index is 5.91. The highest BCUT2D eigenvalue weighted by atomic mass is 16.5. The van der Waals surface area contributed by atoms with E-state index in [4.69, 9.17) is 4.74 Å². The fourth-order valence-electron chi connectivity index (χ4n) is 2.09. The van der Waals surface area contributed by atoms with Gasteiger partial charge in [-0.15, -0.1) is 0 Å². The van der Waals surface area contributed by atoms with E-state index >= 15 is 0 Å². The van der Waals surface area contributed by atoms with Gasteiger partial charge in [0.05, 0.1) is 0 Å². The number of anilines is 1. The molecule has 2 rings (SSSR count). The van der Waals surface area contributed by atoms with E-state index in [2.05, 4.69) is 56.4 Å². The van der Waals surface area contributed by atoms with E-state index in [1.807, 2.05) is 13.1 Å². The molecule has 2 heteroatoms. The Bertz CT molecular complexity index is 575. The lowest BCUT2D eigenvalue weighted by molar-refractivity contribution is 0.306. The minimum atomic E-state index is 0.589. The summed E-state index contributed by atoms with van der Waals surface area (Å²) < 4.78 is 5.91. The van der Waals surface area contributed by atoms with Crippen molar-refractivity contribution in [2.45, 2.75) is 27.4 Å². The van der Waals surface area contributed by atoms with Gasteiger partial charge in [0, 0.05) is 18.3 Å². The summed E-state index contributed by atoms with van der Waals surface area (Å²) >= 11 is 0. The average Bonchev–Trinajstić information content (AvgIpc) is 2.41. The molecule has 100 valence electrons. The van der Waals surface area contributed by atoms with Crippen molar-refractivity contribution in [1.82, 2.24) is 0 Å². The van der Waals surface area contributed by atoms with E-state index in [0.29, 0.717) is 6.61 Å². The second-order valence-electron chi connectivity index (χ2n) is 4.89. The third-order valence-corrected chi connectivity index (χ3v) is 3.54. The van der Waals surface area contributed by atoms with Crippen LogP contribution >= 0.6 is 0 Å². The van der Waals surface area contributed by atoms with Crippen molar-refractivity contribution in [1.29, 1.82) is 0 Å². The van der Waals surface area contributed by atoms with Crippen LogP contribution in [0.2, 0.25) is 0 Å². The van der Waals surface area contributed by atoms with Crippen LogP contribution < -0.4 is 10.1 Å². The Morgan fingerprint density at radius 1 is 0.947 bits per heavy atom. The third kappa shape index (κ3) is 3.08. The smallest absolute Gasteiger partial charge is 0.120 e. The molecule has 0 fully saturated rings. The maximum absolute atomic E-state index is 5.91. The lowest BCUT2D eigenvalue weighted by Crippen LogP contribution is -2.03. The van der Waals surface area contributed by atoms with Crippen LogP contribution in [-0.4, -0.2) is 7.05 Å². The summed E-state index contributed by atoms with van der Waals surface area (Å²) in [5.41, 5.74) is 6.14. The highest BCUT2D eigenvalue weighted by Gasteiger charge is 2.05. The van der Waals surface area contributed by atoms with Crippen LogP contribution in [0, 0.1) is 20.8 Å². The summed E-state index contributed by atoms with van der Waals surface area (Å²) in [6, 6.07) is 12.5. The maximum Gasteiger partial charge on any atom is 0.120 e. The predicted molar refractivity (Wildman–Crippen MR) is 81.0 cm³/mol. The molecular weight excluding hydrogens is 234 g/mol. The van der Waals surface area contributed by atoms with Gasteiger partial charge in [-0.1, -0.05) is 18.2 Å². The Morgan fingerprint density at radius 3 is 2.42 bits per heavy atom. The van der Waals surface area contributed by atoms with Crippen LogP contribution in [0.5, 0.6) is 5.75 Å². The lowest BCUT2D eigenvalue weighted by Gasteiger charge is -2.14. The molecule has 19 heavy (non-hydrogen) atoms. The quantitative estimate of drug-likeness (QED) is 0.882. The largest absolute Gasteiger partial charge is 0.489 e. The van der Waals surface area contributed by atoms with Crippen molar-refractivity contribution < 1.29 is 4.74 Å². The minimum absolute atomic E-state index is 0.589. The zero-order chi connectivity index (χ0) is 13.8. The summed E-state index contributed by atoms with van der Waals surface area (Å²) in [6.45, 7) is 6.92. The van der Waals surface area contributed by atoms with Crippen molar-refractivity contribution in [2.24, 2.45) is 0 Å². The number of ether oxygens (including phenoxy) is 1. The normalized spacial score (nSPS) is 10.3. The molecule has 0 aromatic heterocycles. The first-order valence-corrected chi connectivity index (χ1v) is 6.58. The first-order chi connectivity index (χ1) is 9.11. The van der Waals surface area contributed by atoms with E-state index in [9.17, 15) is 0 Å². The molecule has 0 saturated heterocycles. The molecule has 0 aliphatic carbocycles. The zero-order valence-electron chi connectivity index (χ0n) is 12.1. The molecule has 0 amide bonds. The van der Waals surface area contributed by atoms with Crippen LogP contribution in [-0.2, 0) is 6.61 Å². The molecule has 0 aliphatic heterocycles. The van der Waals surface area contributed by atoms with Crippen LogP contribution in [0.1, 0.15) is 22.3 Å². The summed E-state index contributed by atoms with van der Waals surface area (Å²) in [5.74, 6) is 0.924. The van der Waals surface area contributed by atoms with Gasteiger partial charge in [0.25, 0.3) is 0 Å². The first kappa shape index (κ1) is 13.5. The van der Waals surface area contributed by atoms with Gasteiger partial charge in [-0.2, -0.15) is 0 Å². The number of benzene rings is 2. The van der Waals surface area contributed by atoms with Gasteiger partial charge in [0.2, 0.25) is 0 Å². The van der Waals surface area contributed by atoms with Crippen molar-refractivity contribution in [3.05, 3.63) is 58.7 Å². The average molecular weight is 255 g/mol. The molecule has 0 bridgehead atoms. The Kier molecular flexibility index (Phi) is 4.10. The number of hydrogen-bond donors (Lipinski definition) is 1. The monoisotopic (exact) mass is 255 g/mol. The molecule has 0 spiro atoms. The van der Waals surface area contributed by atoms with Gasteiger partial charge >= 0.3 is 0 Å². The molecule has 0 saturated carbocycles. The second kappa shape index (κ2) is 5.79. The Balaban J connectivity index is 2.16. The zero-order valence-corrected chi connectivity index (χ0v) is 12.1. The molecule has 0 aliphatic rings. The number of nitrogens with one attached hydrogen (secondary N) is 1. The van der Waals surface area contributed by atoms with Gasteiger partial charge < -0.3 is 10.1 Å². The Morgan fingerprint density at radius 2 is 1.74 bits per heavy atom. The summed E-state index contributed by atoms with van der Waals surface area (Å²) in [5, 5.41) is 3.21. The molecule has 1 N–H and O–H groups in total. The highest BCUT2D eigenvalue weighted by Crippen LogP contribution is 2.23. The van der Waals surface area contributed by atoms with Gasteiger partial charge in [0.15, 0.2) is 0 Å². The third-order valence-electron chi connectivity index (χ3n) is 3.54. The van der Waals surface area contributed by atoms with Crippen LogP contribution in [0.3, 0.4) is 0 Å². The first-order valence-electron chi connectivity index (χ1n) is 6.58. The topological polar surface area (TPSA) is 21.3 Å². The molecule has 0 radical (unpaired) electrons. The predicted octanol–water partition coefficient (Wildman–Crippen LogP) is 4.23. The molecule has 2 aromatic carbocycles. The van der Waals surface area contributed by atoms with Gasteiger partial charge in [-0.3, -0.25) is 0 Å². The van der Waals surface area contributed by atoms with Crippen LogP contribution in [0.4, 0.5) is 5.69 Å². The van der Waals surface area contributed by atoms with Crippen molar-refractivity contribution >= 4 is 5.69 Å². The standard InChI is InChI=1S/C17H21NO/c1-12-8-9-15(10-14(12)3)19-11-16-13(2)6-5-7-17(16)18-4/h5-10,18H,11H2,1-4H3. The summed E-state index contributed by atoms with van der Waals surface area (Å²) in [6.07, 6.45) is 0. The second-order valence-corrected chi connectivity index (χ2v) is 4.89. The SMILES string of the molecule is CNc1cccc(C)c1COc1ccc(C)c(C)c1. The Labute approximate surface area is 115 Å². The van der Waals surface area contributed by atoms with E-state index in [0.717, 1.165) is 11.4 Å². The van der Waals surface area contributed by atoms with Gasteiger partial charge in [-0.25, -0.2) is 0 Å².